The smallest absolute Gasteiger partial charge is 0.253 e. The first-order valence-corrected chi connectivity index (χ1v) is 11.7. The van der Waals surface area contributed by atoms with Crippen molar-refractivity contribution in [1.29, 1.82) is 10.8 Å². The van der Waals surface area contributed by atoms with Crippen molar-refractivity contribution in [3.8, 4) is 0 Å². The van der Waals surface area contributed by atoms with E-state index in [0.29, 0.717) is 42.9 Å². The first kappa shape index (κ1) is 24.2. The third-order valence-electron chi connectivity index (χ3n) is 6.59. The SMILES string of the molecule is N=C(N)c1ccc(C(=O)N2CCN(C(=O)c3cccc(CN4CCN(C(=N)N)CC4)c3)CC2)cc1. The molecule has 6 N–H and O–H groups in total. The Morgan fingerprint density at radius 2 is 1.20 bits per heavy atom. The fourth-order valence-corrected chi connectivity index (χ4v) is 4.48. The van der Waals surface area contributed by atoms with Gasteiger partial charge in [-0.05, 0) is 29.8 Å². The summed E-state index contributed by atoms with van der Waals surface area (Å²) in [6.07, 6.45) is 0. The van der Waals surface area contributed by atoms with Crippen LogP contribution >= 0.6 is 0 Å². The lowest BCUT2D eigenvalue weighted by Crippen LogP contribution is -2.50. The minimum atomic E-state index is -0.0842. The number of hydrogen-bond acceptors (Lipinski definition) is 5. The van der Waals surface area contributed by atoms with E-state index in [0.717, 1.165) is 38.3 Å². The normalized spacial score (nSPS) is 16.7. The Labute approximate surface area is 205 Å². The van der Waals surface area contributed by atoms with Crippen molar-refractivity contribution < 1.29 is 9.59 Å². The molecule has 0 aliphatic carbocycles. The molecule has 2 aliphatic rings. The van der Waals surface area contributed by atoms with Crippen molar-refractivity contribution in [2.24, 2.45) is 11.5 Å². The zero-order chi connectivity index (χ0) is 24.9. The van der Waals surface area contributed by atoms with Crippen molar-refractivity contribution in [3.63, 3.8) is 0 Å². The van der Waals surface area contributed by atoms with Gasteiger partial charge in [0, 0.05) is 75.6 Å². The molecule has 0 unspecified atom stereocenters. The summed E-state index contributed by atoms with van der Waals surface area (Å²) in [6, 6.07) is 14.4. The maximum Gasteiger partial charge on any atom is 0.253 e. The number of nitrogens with two attached hydrogens (primary N) is 2. The summed E-state index contributed by atoms with van der Waals surface area (Å²) in [5.74, 6) is -0.0223. The lowest BCUT2D eigenvalue weighted by molar-refractivity contribution is 0.0535. The molecule has 10 nitrogen and oxygen atoms in total. The molecule has 0 saturated carbocycles. The highest BCUT2D eigenvalue weighted by atomic mass is 16.2. The van der Waals surface area contributed by atoms with E-state index in [1.807, 2.05) is 29.2 Å². The van der Waals surface area contributed by atoms with Crippen LogP contribution in [0.3, 0.4) is 0 Å². The van der Waals surface area contributed by atoms with Gasteiger partial charge in [0.05, 0.1) is 0 Å². The maximum absolute atomic E-state index is 13.1. The van der Waals surface area contributed by atoms with Crippen LogP contribution in [-0.2, 0) is 6.54 Å². The Morgan fingerprint density at radius 1 is 0.686 bits per heavy atom. The zero-order valence-electron chi connectivity index (χ0n) is 19.7. The molecular formula is C25H32N8O2. The number of benzene rings is 2. The highest BCUT2D eigenvalue weighted by molar-refractivity contribution is 5.98. The van der Waals surface area contributed by atoms with Crippen LogP contribution in [0.5, 0.6) is 0 Å². The van der Waals surface area contributed by atoms with E-state index in [1.54, 1.807) is 34.1 Å². The minimum absolute atomic E-state index is 0.0221. The number of nitrogen functional groups attached to an aromatic ring is 1. The molecule has 4 rings (SSSR count). The summed E-state index contributed by atoms with van der Waals surface area (Å²) in [5, 5.41) is 15.0. The van der Waals surface area contributed by atoms with Crippen LogP contribution in [0.4, 0.5) is 0 Å². The molecule has 2 aromatic carbocycles. The van der Waals surface area contributed by atoms with E-state index >= 15 is 0 Å². The van der Waals surface area contributed by atoms with Gasteiger partial charge in [0.15, 0.2) is 5.96 Å². The van der Waals surface area contributed by atoms with Crippen LogP contribution < -0.4 is 11.5 Å². The van der Waals surface area contributed by atoms with E-state index in [-0.39, 0.29) is 23.6 Å². The van der Waals surface area contributed by atoms with Crippen LogP contribution in [0, 0.1) is 10.8 Å². The van der Waals surface area contributed by atoms with E-state index in [2.05, 4.69) is 4.90 Å². The fourth-order valence-electron chi connectivity index (χ4n) is 4.48. The van der Waals surface area contributed by atoms with E-state index < -0.39 is 0 Å². The first-order chi connectivity index (χ1) is 16.8. The van der Waals surface area contributed by atoms with Crippen LogP contribution in [0.2, 0.25) is 0 Å². The van der Waals surface area contributed by atoms with Crippen LogP contribution in [-0.4, -0.2) is 95.6 Å². The molecule has 2 heterocycles. The number of carbonyl (C=O) groups excluding carboxylic acids is 2. The standard InChI is InChI=1S/C25H32N8O2/c26-22(27)19-4-6-20(7-5-19)23(34)31-12-14-32(15-13-31)24(35)21-3-1-2-18(16-21)17-30-8-10-33(11-9-30)25(28)29/h1-7,16H,8-15,17H2,(H3,26,27)(H3,28,29). The van der Waals surface area contributed by atoms with Gasteiger partial charge in [0.25, 0.3) is 11.8 Å². The predicted octanol–water partition coefficient (Wildman–Crippen LogP) is 0.580. The predicted molar refractivity (Wildman–Crippen MR) is 134 cm³/mol. The lowest BCUT2D eigenvalue weighted by Gasteiger charge is -2.35. The first-order valence-electron chi connectivity index (χ1n) is 11.7. The zero-order valence-corrected chi connectivity index (χ0v) is 19.7. The van der Waals surface area contributed by atoms with Crippen molar-refractivity contribution in [3.05, 3.63) is 70.8 Å². The third kappa shape index (κ3) is 5.78. The molecule has 35 heavy (non-hydrogen) atoms. The fraction of sp³-hybridized carbons (Fsp3) is 0.360. The number of nitrogens with one attached hydrogen (secondary N) is 2. The van der Waals surface area contributed by atoms with Crippen molar-refractivity contribution in [1.82, 2.24) is 19.6 Å². The molecule has 0 atom stereocenters. The van der Waals surface area contributed by atoms with Crippen LogP contribution in [0.25, 0.3) is 0 Å². The number of piperazine rings is 2. The van der Waals surface area contributed by atoms with Gasteiger partial charge in [0.1, 0.15) is 5.84 Å². The average molecular weight is 477 g/mol. The second-order valence-electron chi connectivity index (χ2n) is 8.92. The van der Waals surface area contributed by atoms with E-state index in [4.69, 9.17) is 22.3 Å². The number of amidine groups is 1. The average Bonchev–Trinajstić information content (AvgIpc) is 2.88. The molecule has 0 spiro atoms. The van der Waals surface area contributed by atoms with E-state index in [9.17, 15) is 9.59 Å². The largest absolute Gasteiger partial charge is 0.384 e. The number of guanidine groups is 1. The summed E-state index contributed by atoms with van der Waals surface area (Å²) >= 11 is 0. The van der Waals surface area contributed by atoms with Crippen molar-refractivity contribution in [2.75, 3.05) is 52.4 Å². The second-order valence-corrected chi connectivity index (χ2v) is 8.92. The molecule has 2 amide bonds. The maximum atomic E-state index is 13.1. The molecule has 0 bridgehead atoms. The molecule has 2 saturated heterocycles. The molecule has 2 aliphatic heterocycles. The van der Waals surface area contributed by atoms with Crippen LogP contribution in [0.15, 0.2) is 48.5 Å². The second kappa shape index (κ2) is 10.6. The number of carbonyl (C=O) groups is 2. The van der Waals surface area contributed by atoms with E-state index in [1.165, 1.54) is 0 Å². The van der Waals surface area contributed by atoms with Crippen molar-refractivity contribution in [2.45, 2.75) is 6.54 Å². The molecule has 2 aromatic rings. The summed E-state index contributed by atoms with van der Waals surface area (Å²) in [7, 11) is 0. The molecular weight excluding hydrogens is 444 g/mol. The van der Waals surface area contributed by atoms with Gasteiger partial charge in [-0.25, -0.2) is 0 Å². The van der Waals surface area contributed by atoms with Crippen LogP contribution in [0.1, 0.15) is 31.8 Å². The summed E-state index contributed by atoms with van der Waals surface area (Å²) < 4.78 is 0. The molecule has 2 fully saturated rings. The van der Waals surface area contributed by atoms with Gasteiger partial charge in [-0.2, -0.15) is 0 Å². The Balaban J connectivity index is 1.31. The summed E-state index contributed by atoms with van der Waals surface area (Å²) in [4.78, 5) is 33.7. The highest BCUT2D eigenvalue weighted by Gasteiger charge is 2.26. The third-order valence-corrected chi connectivity index (χ3v) is 6.59. The van der Waals surface area contributed by atoms with Gasteiger partial charge in [-0.1, -0.05) is 24.3 Å². The van der Waals surface area contributed by atoms with Gasteiger partial charge < -0.3 is 26.2 Å². The van der Waals surface area contributed by atoms with Gasteiger partial charge in [-0.15, -0.1) is 0 Å². The quantitative estimate of drug-likeness (QED) is 0.367. The Bertz CT molecular complexity index is 1100. The number of amides is 2. The Morgan fingerprint density at radius 3 is 1.74 bits per heavy atom. The Kier molecular flexibility index (Phi) is 7.31. The Hall–Kier alpha value is -3.92. The lowest BCUT2D eigenvalue weighted by atomic mass is 10.1. The number of hydrogen-bond donors (Lipinski definition) is 4. The van der Waals surface area contributed by atoms with Crippen molar-refractivity contribution >= 4 is 23.6 Å². The molecule has 10 heteroatoms. The summed E-state index contributed by atoms with van der Waals surface area (Å²) in [6.45, 7) is 5.77. The van der Waals surface area contributed by atoms with Gasteiger partial charge in [0.2, 0.25) is 0 Å². The number of rotatable bonds is 5. The molecule has 0 radical (unpaired) electrons. The minimum Gasteiger partial charge on any atom is -0.384 e. The van der Waals surface area contributed by atoms with Gasteiger partial charge in [-0.3, -0.25) is 25.3 Å². The topological polar surface area (TPSA) is 147 Å². The molecule has 0 aromatic heterocycles. The monoisotopic (exact) mass is 476 g/mol. The number of nitrogens with zero attached hydrogens (tertiary/aromatic N) is 4. The molecule has 184 valence electrons. The van der Waals surface area contributed by atoms with Gasteiger partial charge >= 0.3 is 0 Å². The highest BCUT2D eigenvalue weighted by Crippen LogP contribution is 2.15. The summed E-state index contributed by atoms with van der Waals surface area (Å²) in [5.41, 5.74) is 13.9.